The van der Waals surface area contributed by atoms with Crippen molar-refractivity contribution in [1.82, 2.24) is 10.2 Å². The Bertz CT molecular complexity index is 1350. The summed E-state index contributed by atoms with van der Waals surface area (Å²) in [6, 6.07) is 21.9. The molecule has 0 spiro atoms. The number of benzene rings is 3. The molecular formula is C31H39N3O4S. The predicted molar refractivity (Wildman–Crippen MR) is 157 cm³/mol. The highest BCUT2D eigenvalue weighted by molar-refractivity contribution is 7.92. The Morgan fingerprint density at radius 3 is 2.03 bits per heavy atom. The van der Waals surface area contributed by atoms with Gasteiger partial charge in [0.2, 0.25) is 21.8 Å². The van der Waals surface area contributed by atoms with Gasteiger partial charge in [0, 0.05) is 19.5 Å². The summed E-state index contributed by atoms with van der Waals surface area (Å²) in [7, 11) is -3.79. The molecule has 0 aliphatic carbocycles. The van der Waals surface area contributed by atoms with E-state index in [4.69, 9.17) is 0 Å². The van der Waals surface area contributed by atoms with E-state index >= 15 is 0 Å². The van der Waals surface area contributed by atoms with Gasteiger partial charge in [-0.1, -0.05) is 73.2 Å². The fraction of sp³-hybridized carbons (Fsp3) is 0.355. The number of carbonyl (C=O) groups excluding carboxylic acids is 2. The molecule has 1 N–H and O–H groups in total. The molecule has 0 aliphatic heterocycles. The van der Waals surface area contributed by atoms with Crippen molar-refractivity contribution in [3.05, 3.63) is 101 Å². The standard InChI is InChI=1S/C31H39N3O4S/c1-6-16-32-31(36)29(20-26-10-8-7-9-11-26)33(21-27-14-12-23(2)13-15-27)30(35)22-34(39(5,37)38)28-18-24(3)17-25(4)19-28/h7-15,17-19,29H,6,16,20-22H2,1-5H3,(H,32,36). The van der Waals surface area contributed by atoms with Crippen LogP contribution in [0.25, 0.3) is 0 Å². The van der Waals surface area contributed by atoms with Crippen molar-refractivity contribution >= 4 is 27.5 Å². The minimum absolute atomic E-state index is 0.167. The summed E-state index contributed by atoms with van der Waals surface area (Å²) in [5.74, 6) is -0.716. The smallest absolute Gasteiger partial charge is 0.244 e. The number of amides is 2. The normalized spacial score (nSPS) is 12.0. The molecule has 0 aromatic heterocycles. The van der Waals surface area contributed by atoms with Crippen molar-refractivity contribution in [3.63, 3.8) is 0 Å². The van der Waals surface area contributed by atoms with E-state index in [1.807, 2.05) is 88.4 Å². The molecule has 2 amide bonds. The maximum Gasteiger partial charge on any atom is 0.244 e. The highest BCUT2D eigenvalue weighted by Crippen LogP contribution is 2.23. The molecule has 0 aliphatic rings. The maximum atomic E-state index is 14.1. The Morgan fingerprint density at radius 1 is 0.846 bits per heavy atom. The van der Waals surface area contributed by atoms with Gasteiger partial charge in [-0.3, -0.25) is 13.9 Å². The van der Waals surface area contributed by atoms with Crippen LogP contribution in [0.4, 0.5) is 5.69 Å². The van der Waals surface area contributed by atoms with Gasteiger partial charge in [0.25, 0.3) is 0 Å². The summed E-state index contributed by atoms with van der Waals surface area (Å²) in [6.07, 6.45) is 2.15. The van der Waals surface area contributed by atoms with Crippen LogP contribution in [-0.2, 0) is 32.6 Å². The lowest BCUT2D eigenvalue weighted by Crippen LogP contribution is -2.53. The molecule has 3 aromatic rings. The number of hydrogen-bond acceptors (Lipinski definition) is 4. The monoisotopic (exact) mass is 549 g/mol. The van der Waals surface area contributed by atoms with Crippen LogP contribution in [0.2, 0.25) is 0 Å². The van der Waals surface area contributed by atoms with Crippen molar-refractivity contribution in [1.29, 1.82) is 0 Å². The van der Waals surface area contributed by atoms with Gasteiger partial charge >= 0.3 is 0 Å². The van der Waals surface area contributed by atoms with Gasteiger partial charge in [0.05, 0.1) is 11.9 Å². The highest BCUT2D eigenvalue weighted by Gasteiger charge is 2.33. The zero-order valence-corrected chi connectivity index (χ0v) is 24.3. The highest BCUT2D eigenvalue weighted by atomic mass is 32.2. The first-order chi connectivity index (χ1) is 18.5. The molecule has 39 heavy (non-hydrogen) atoms. The zero-order chi connectivity index (χ0) is 28.6. The van der Waals surface area contributed by atoms with E-state index < -0.39 is 28.5 Å². The van der Waals surface area contributed by atoms with E-state index in [0.29, 0.717) is 18.7 Å². The predicted octanol–water partition coefficient (Wildman–Crippen LogP) is 4.54. The molecule has 1 unspecified atom stereocenters. The van der Waals surface area contributed by atoms with Crippen LogP contribution >= 0.6 is 0 Å². The molecule has 0 fully saturated rings. The molecule has 0 saturated heterocycles. The molecule has 0 heterocycles. The van der Waals surface area contributed by atoms with Crippen LogP contribution < -0.4 is 9.62 Å². The van der Waals surface area contributed by atoms with E-state index in [9.17, 15) is 18.0 Å². The summed E-state index contributed by atoms with van der Waals surface area (Å²) in [4.78, 5) is 29.1. The van der Waals surface area contributed by atoms with Gasteiger partial charge in [-0.15, -0.1) is 0 Å². The van der Waals surface area contributed by atoms with Crippen molar-refractivity contribution < 1.29 is 18.0 Å². The lowest BCUT2D eigenvalue weighted by Gasteiger charge is -2.33. The third-order valence-electron chi connectivity index (χ3n) is 6.47. The summed E-state index contributed by atoms with van der Waals surface area (Å²) in [6.45, 7) is 7.95. The fourth-order valence-corrected chi connectivity index (χ4v) is 5.35. The van der Waals surface area contributed by atoms with Crippen molar-refractivity contribution in [2.75, 3.05) is 23.7 Å². The van der Waals surface area contributed by atoms with E-state index in [0.717, 1.165) is 44.8 Å². The van der Waals surface area contributed by atoms with Crippen LogP contribution in [-0.4, -0.2) is 50.5 Å². The van der Waals surface area contributed by atoms with Crippen LogP contribution in [0.3, 0.4) is 0 Å². The number of anilines is 1. The lowest BCUT2D eigenvalue weighted by molar-refractivity contribution is -0.140. The molecule has 3 rings (SSSR count). The first-order valence-corrected chi connectivity index (χ1v) is 15.1. The van der Waals surface area contributed by atoms with E-state index in [1.165, 1.54) is 4.90 Å². The van der Waals surface area contributed by atoms with Crippen molar-refractivity contribution in [2.45, 2.75) is 53.1 Å². The summed E-state index contributed by atoms with van der Waals surface area (Å²) >= 11 is 0. The minimum Gasteiger partial charge on any atom is -0.354 e. The Hall–Kier alpha value is -3.65. The minimum atomic E-state index is -3.79. The first-order valence-electron chi connectivity index (χ1n) is 13.2. The molecular weight excluding hydrogens is 510 g/mol. The van der Waals surface area contributed by atoms with E-state index in [1.54, 1.807) is 12.1 Å². The van der Waals surface area contributed by atoms with E-state index in [2.05, 4.69) is 5.32 Å². The van der Waals surface area contributed by atoms with Crippen LogP contribution in [0.1, 0.15) is 41.2 Å². The topological polar surface area (TPSA) is 86.8 Å². The molecule has 0 saturated carbocycles. The van der Waals surface area contributed by atoms with Gasteiger partial charge in [-0.05, 0) is 61.6 Å². The number of hydrogen-bond donors (Lipinski definition) is 1. The van der Waals surface area contributed by atoms with Crippen molar-refractivity contribution in [2.24, 2.45) is 0 Å². The largest absolute Gasteiger partial charge is 0.354 e. The summed E-state index contributed by atoms with van der Waals surface area (Å²) < 4.78 is 27.0. The maximum absolute atomic E-state index is 14.1. The number of nitrogens with one attached hydrogen (secondary N) is 1. The van der Waals surface area contributed by atoms with Crippen LogP contribution in [0, 0.1) is 20.8 Å². The number of rotatable bonds is 12. The zero-order valence-electron chi connectivity index (χ0n) is 23.5. The van der Waals surface area contributed by atoms with Gasteiger partial charge in [0.1, 0.15) is 12.6 Å². The third-order valence-corrected chi connectivity index (χ3v) is 7.61. The Labute approximate surface area is 232 Å². The summed E-state index contributed by atoms with van der Waals surface area (Å²) in [5, 5.41) is 2.95. The quantitative estimate of drug-likeness (QED) is 0.359. The summed E-state index contributed by atoms with van der Waals surface area (Å²) in [5.41, 5.74) is 5.05. The Morgan fingerprint density at radius 2 is 1.46 bits per heavy atom. The van der Waals surface area contributed by atoms with Crippen LogP contribution in [0.5, 0.6) is 0 Å². The average Bonchev–Trinajstić information content (AvgIpc) is 2.88. The van der Waals surface area contributed by atoms with Gasteiger partial charge in [0.15, 0.2) is 0 Å². The second-order valence-electron chi connectivity index (χ2n) is 10.1. The van der Waals surface area contributed by atoms with Crippen molar-refractivity contribution in [3.8, 4) is 0 Å². The molecule has 0 bridgehead atoms. The Balaban J connectivity index is 2.05. The van der Waals surface area contributed by atoms with E-state index in [-0.39, 0.29) is 12.5 Å². The molecule has 7 nitrogen and oxygen atoms in total. The second-order valence-corrected chi connectivity index (χ2v) is 12.0. The van der Waals surface area contributed by atoms with Gasteiger partial charge < -0.3 is 10.2 Å². The number of aryl methyl sites for hydroxylation is 3. The van der Waals surface area contributed by atoms with Gasteiger partial charge in [-0.2, -0.15) is 0 Å². The third kappa shape index (κ3) is 8.68. The number of carbonyl (C=O) groups is 2. The van der Waals surface area contributed by atoms with Gasteiger partial charge in [-0.25, -0.2) is 8.42 Å². The molecule has 0 radical (unpaired) electrons. The molecule has 208 valence electrons. The molecule has 8 heteroatoms. The van der Waals surface area contributed by atoms with Crippen LogP contribution in [0.15, 0.2) is 72.8 Å². The molecule has 3 aromatic carbocycles. The average molecular weight is 550 g/mol. The molecule has 1 atom stereocenters. The first kappa shape index (κ1) is 29.9. The number of sulfonamides is 1. The number of nitrogens with zero attached hydrogens (tertiary/aromatic N) is 2. The Kier molecular flexibility index (Phi) is 10.3. The fourth-order valence-electron chi connectivity index (χ4n) is 4.52. The lowest BCUT2D eigenvalue weighted by atomic mass is 10.0. The second kappa shape index (κ2) is 13.4. The SMILES string of the molecule is CCCNC(=O)C(Cc1ccccc1)N(Cc1ccc(C)cc1)C(=O)CN(c1cc(C)cc(C)c1)S(C)(=O)=O.